The van der Waals surface area contributed by atoms with Crippen molar-refractivity contribution in [3.8, 4) is 5.75 Å². The number of ether oxygens (including phenoxy) is 1. The lowest BCUT2D eigenvalue weighted by Gasteiger charge is -2.13. The van der Waals surface area contributed by atoms with E-state index in [2.05, 4.69) is 12.2 Å². The lowest BCUT2D eigenvalue weighted by molar-refractivity contribution is -0.133. The van der Waals surface area contributed by atoms with Crippen LogP contribution in [0.2, 0.25) is 0 Å². The molecular weight excluding hydrogens is 250 g/mol. The van der Waals surface area contributed by atoms with Crippen LogP contribution in [0.5, 0.6) is 5.75 Å². The van der Waals surface area contributed by atoms with E-state index in [0.717, 1.165) is 18.0 Å². The number of hydrogen-bond donors (Lipinski definition) is 2. The summed E-state index contributed by atoms with van der Waals surface area (Å²) in [6, 6.07) is 8.18. The molecule has 0 amide bonds. The van der Waals surface area contributed by atoms with Crippen LogP contribution < -0.4 is 10.1 Å². The standard InChI is InChI=1S/C13H19NO3S/c1-10(8-18-9-13(15)16)14-7-11-3-5-12(17-2)6-4-11/h3-6,10,14H,7-9H2,1-2H3,(H,15,16). The fourth-order valence-electron chi connectivity index (χ4n) is 1.42. The van der Waals surface area contributed by atoms with E-state index in [0.29, 0.717) is 0 Å². The van der Waals surface area contributed by atoms with Gasteiger partial charge in [-0.25, -0.2) is 0 Å². The van der Waals surface area contributed by atoms with Crippen LogP contribution in [0.15, 0.2) is 24.3 Å². The van der Waals surface area contributed by atoms with E-state index in [-0.39, 0.29) is 11.8 Å². The molecule has 0 aliphatic rings. The molecule has 0 radical (unpaired) electrons. The number of benzene rings is 1. The van der Waals surface area contributed by atoms with Crippen molar-refractivity contribution in [1.82, 2.24) is 5.32 Å². The molecule has 0 aliphatic carbocycles. The Morgan fingerprint density at radius 2 is 2.11 bits per heavy atom. The minimum Gasteiger partial charge on any atom is -0.497 e. The molecule has 2 N–H and O–H groups in total. The van der Waals surface area contributed by atoms with Gasteiger partial charge in [0.05, 0.1) is 12.9 Å². The van der Waals surface area contributed by atoms with Gasteiger partial charge in [0.2, 0.25) is 0 Å². The summed E-state index contributed by atoms with van der Waals surface area (Å²) in [5.41, 5.74) is 1.19. The third kappa shape index (κ3) is 5.93. The highest BCUT2D eigenvalue weighted by Gasteiger charge is 2.04. The van der Waals surface area contributed by atoms with Gasteiger partial charge in [-0.15, -0.1) is 11.8 Å². The largest absolute Gasteiger partial charge is 0.497 e. The summed E-state index contributed by atoms with van der Waals surface area (Å²) in [7, 11) is 1.65. The van der Waals surface area contributed by atoms with Crippen molar-refractivity contribution in [1.29, 1.82) is 0 Å². The summed E-state index contributed by atoms with van der Waals surface area (Å²) in [6.45, 7) is 2.83. The summed E-state index contributed by atoms with van der Waals surface area (Å²) < 4.78 is 5.09. The number of nitrogens with one attached hydrogen (secondary N) is 1. The van der Waals surface area contributed by atoms with Gasteiger partial charge in [-0.05, 0) is 24.6 Å². The molecular formula is C13H19NO3S. The molecule has 0 spiro atoms. The van der Waals surface area contributed by atoms with Gasteiger partial charge in [0.15, 0.2) is 0 Å². The fourth-order valence-corrected chi connectivity index (χ4v) is 2.18. The van der Waals surface area contributed by atoms with Gasteiger partial charge in [-0.3, -0.25) is 4.79 Å². The Morgan fingerprint density at radius 1 is 1.44 bits per heavy atom. The molecule has 0 heterocycles. The van der Waals surface area contributed by atoms with Gasteiger partial charge >= 0.3 is 5.97 Å². The van der Waals surface area contributed by atoms with Gasteiger partial charge in [0.25, 0.3) is 0 Å². The van der Waals surface area contributed by atoms with Crippen molar-refractivity contribution in [3.63, 3.8) is 0 Å². The van der Waals surface area contributed by atoms with Crippen molar-refractivity contribution in [2.45, 2.75) is 19.5 Å². The first-order valence-corrected chi connectivity index (χ1v) is 6.93. The molecule has 18 heavy (non-hydrogen) atoms. The minimum absolute atomic E-state index is 0.161. The Labute approximate surface area is 112 Å². The molecule has 1 rings (SSSR count). The molecule has 1 atom stereocenters. The third-order valence-electron chi connectivity index (χ3n) is 2.41. The van der Waals surface area contributed by atoms with Crippen LogP contribution in [0.25, 0.3) is 0 Å². The van der Waals surface area contributed by atoms with E-state index in [9.17, 15) is 4.79 Å². The number of hydrogen-bond acceptors (Lipinski definition) is 4. The maximum atomic E-state index is 10.4. The van der Waals surface area contributed by atoms with Crippen LogP contribution >= 0.6 is 11.8 Å². The van der Waals surface area contributed by atoms with E-state index in [1.165, 1.54) is 17.3 Å². The number of aliphatic carboxylic acids is 1. The van der Waals surface area contributed by atoms with Crippen LogP contribution in [-0.4, -0.2) is 35.7 Å². The lowest BCUT2D eigenvalue weighted by Crippen LogP contribution is -2.28. The maximum absolute atomic E-state index is 10.4. The first kappa shape index (κ1) is 14.9. The number of methoxy groups -OCH3 is 1. The van der Waals surface area contributed by atoms with Gasteiger partial charge in [-0.1, -0.05) is 12.1 Å². The van der Waals surface area contributed by atoms with Crippen LogP contribution in [-0.2, 0) is 11.3 Å². The third-order valence-corrected chi connectivity index (χ3v) is 3.59. The molecule has 0 saturated carbocycles. The number of rotatable bonds is 8. The number of carboxylic acid groups (broad SMARTS) is 1. The van der Waals surface area contributed by atoms with Crippen molar-refractivity contribution in [3.05, 3.63) is 29.8 Å². The normalized spacial score (nSPS) is 12.1. The molecule has 0 bridgehead atoms. The first-order valence-electron chi connectivity index (χ1n) is 5.77. The van der Waals surface area contributed by atoms with Crippen molar-refractivity contribution in [2.24, 2.45) is 0 Å². The van der Waals surface area contributed by atoms with E-state index < -0.39 is 5.97 Å². The Bertz CT molecular complexity index is 367. The second-order valence-electron chi connectivity index (χ2n) is 4.04. The molecule has 5 heteroatoms. The van der Waals surface area contributed by atoms with E-state index in [4.69, 9.17) is 9.84 Å². The summed E-state index contributed by atoms with van der Waals surface area (Å²) in [5, 5.41) is 11.9. The smallest absolute Gasteiger partial charge is 0.313 e. The summed E-state index contributed by atoms with van der Waals surface area (Å²) in [5.74, 6) is 1.04. The number of carbonyl (C=O) groups is 1. The quantitative estimate of drug-likeness (QED) is 0.756. The van der Waals surface area contributed by atoms with E-state index >= 15 is 0 Å². The summed E-state index contributed by atoms with van der Waals surface area (Å²) in [6.07, 6.45) is 0. The summed E-state index contributed by atoms with van der Waals surface area (Å²) >= 11 is 1.43. The van der Waals surface area contributed by atoms with Gasteiger partial charge in [0, 0.05) is 18.3 Å². The maximum Gasteiger partial charge on any atom is 0.313 e. The second kappa shape index (κ2) is 8.00. The molecule has 0 aromatic heterocycles. The zero-order valence-corrected chi connectivity index (χ0v) is 11.5. The zero-order chi connectivity index (χ0) is 13.4. The Kier molecular flexibility index (Phi) is 6.60. The first-order chi connectivity index (χ1) is 8.61. The second-order valence-corrected chi connectivity index (χ2v) is 5.07. The predicted octanol–water partition coefficient (Wildman–Crippen LogP) is 1.99. The number of carboxylic acids is 1. The highest BCUT2D eigenvalue weighted by atomic mass is 32.2. The van der Waals surface area contributed by atoms with E-state index in [1.807, 2.05) is 24.3 Å². The lowest BCUT2D eigenvalue weighted by atomic mass is 10.2. The zero-order valence-electron chi connectivity index (χ0n) is 10.7. The molecule has 1 aromatic rings. The van der Waals surface area contributed by atoms with Crippen molar-refractivity contribution in [2.75, 3.05) is 18.6 Å². The van der Waals surface area contributed by atoms with Crippen molar-refractivity contribution < 1.29 is 14.6 Å². The molecule has 1 unspecified atom stereocenters. The number of thioether (sulfide) groups is 1. The van der Waals surface area contributed by atoms with Gasteiger partial charge in [-0.2, -0.15) is 0 Å². The van der Waals surface area contributed by atoms with Crippen LogP contribution in [0.1, 0.15) is 12.5 Å². The average Bonchev–Trinajstić information content (AvgIpc) is 2.36. The highest BCUT2D eigenvalue weighted by molar-refractivity contribution is 7.99. The topological polar surface area (TPSA) is 58.6 Å². The Balaban J connectivity index is 2.24. The van der Waals surface area contributed by atoms with Crippen LogP contribution in [0.3, 0.4) is 0 Å². The molecule has 0 aliphatic heterocycles. The van der Waals surface area contributed by atoms with Crippen molar-refractivity contribution >= 4 is 17.7 Å². The van der Waals surface area contributed by atoms with Crippen LogP contribution in [0, 0.1) is 0 Å². The van der Waals surface area contributed by atoms with Crippen LogP contribution in [0.4, 0.5) is 0 Å². The predicted molar refractivity (Wildman–Crippen MR) is 74.3 cm³/mol. The Morgan fingerprint density at radius 3 is 2.67 bits per heavy atom. The average molecular weight is 269 g/mol. The van der Waals surface area contributed by atoms with Gasteiger partial charge in [0.1, 0.15) is 5.75 Å². The minimum atomic E-state index is -0.762. The molecule has 4 nitrogen and oxygen atoms in total. The Hall–Kier alpha value is -1.20. The molecule has 0 fully saturated rings. The summed E-state index contributed by atoms with van der Waals surface area (Å²) in [4.78, 5) is 10.4. The fraction of sp³-hybridized carbons (Fsp3) is 0.462. The molecule has 0 saturated heterocycles. The SMILES string of the molecule is COc1ccc(CNC(C)CSCC(=O)O)cc1. The van der Waals surface area contributed by atoms with Gasteiger partial charge < -0.3 is 15.2 Å². The molecule has 1 aromatic carbocycles. The highest BCUT2D eigenvalue weighted by Crippen LogP contribution is 2.11. The monoisotopic (exact) mass is 269 g/mol. The van der Waals surface area contributed by atoms with E-state index in [1.54, 1.807) is 7.11 Å². The molecule has 100 valence electrons.